The van der Waals surface area contributed by atoms with E-state index in [1.807, 2.05) is 32.0 Å². The van der Waals surface area contributed by atoms with Crippen LogP contribution < -0.4 is 0 Å². The van der Waals surface area contributed by atoms with E-state index in [0.717, 1.165) is 11.1 Å². The molecule has 0 spiro atoms. The van der Waals surface area contributed by atoms with Crippen LogP contribution in [-0.2, 0) is 10.4 Å². The summed E-state index contributed by atoms with van der Waals surface area (Å²) in [6.07, 6.45) is 0. The Morgan fingerprint density at radius 3 is 2.06 bits per heavy atom. The van der Waals surface area contributed by atoms with E-state index in [1.165, 1.54) is 6.92 Å². The highest BCUT2D eigenvalue weighted by Crippen LogP contribution is 2.30. The Morgan fingerprint density at radius 2 is 1.69 bits per heavy atom. The zero-order valence-corrected chi connectivity index (χ0v) is 10.1. The number of carbonyl (C=O) groups is 1. The van der Waals surface area contributed by atoms with Crippen molar-refractivity contribution in [2.45, 2.75) is 33.3 Å². The Kier molecular flexibility index (Phi) is 3.38. The Bertz CT molecular complexity index is 387. The average molecular weight is 222 g/mol. The molecule has 0 saturated carbocycles. The van der Waals surface area contributed by atoms with Crippen molar-refractivity contribution in [3.63, 3.8) is 0 Å². The van der Waals surface area contributed by atoms with Crippen molar-refractivity contribution in [2.24, 2.45) is 5.92 Å². The predicted octanol–water partition coefficient (Wildman–Crippen LogP) is 2.23. The fraction of sp³-hybridized carbons (Fsp3) is 0.462. The Labute approximate surface area is 95.7 Å². The summed E-state index contributed by atoms with van der Waals surface area (Å²) in [4.78, 5) is 10.9. The van der Waals surface area contributed by atoms with Gasteiger partial charge in [-0.3, -0.25) is 4.79 Å². The van der Waals surface area contributed by atoms with E-state index in [-0.39, 0.29) is 0 Å². The molecule has 3 heteroatoms. The Morgan fingerprint density at radius 1 is 1.25 bits per heavy atom. The summed E-state index contributed by atoms with van der Waals surface area (Å²) < 4.78 is 0. The minimum absolute atomic E-state index is 0.653. The molecular formula is C13H18O3. The first-order valence-electron chi connectivity index (χ1n) is 5.29. The van der Waals surface area contributed by atoms with Gasteiger partial charge in [0, 0.05) is 0 Å². The van der Waals surface area contributed by atoms with Crippen molar-refractivity contribution < 1.29 is 15.0 Å². The lowest BCUT2D eigenvalue weighted by atomic mass is 9.83. The van der Waals surface area contributed by atoms with Gasteiger partial charge in [-0.1, -0.05) is 29.3 Å². The van der Waals surface area contributed by atoms with E-state index in [2.05, 4.69) is 0 Å². The highest BCUT2D eigenvalue weighted by molar-refractivity contribution is 5.71. The van der Waals surface area contributed by atoms with E-state index >= 15 is 0 Å². The van der Waals surface area contributed by atoms with Crippen LogP contribution in [-0.4, -0.2) is 16.2 Å². The molecule has 0 amide bonds. The van der Waals surface area contributed by atoms with Gasteiger partial charge in [0.1, 0.15) is 0 Å². The number of aliphatic carboxylic acids is 1. The molecule has 2 N–H and O–H groups in total. The molecule has 1 aromatic carbocycles. The predicted molar refractivity (Wildman–Crippen MR) is 62.3 cm³/mol. The van der Waals surface area contributed by atoms with Crippen LogP contribution in [0.15, 0.2) is 18.2 Å². The third-order valence-electron chi connectivity index (χ3n) is 3.02. The number of benzene rings is 1. The number of carboxylic acids is 1. The lowest BCUT2D eigenvalue weighted by molar-refractivity contribution is -0.150. The highest BCUT2D eigenvalue weighted by Gasteiger charge is 2.35. The molecule has 0 radical (unpaired) electrons. The standard InChI is InChI=1S/C13H18O3/c1-8-5-9(2)7-11(6-8)13(4,16)10(3)12(14)15/h5-7,10,16H,1-4H3,(H,14,15). The van der Waals surface area contributed by atoms with E-state index in [9.17, 15) is 9.90 Å². The second-order valence-corrected chi connectivity index (χ2v) is 4.58. The number of rotatable bonds is 3. The summed E-state index contributed by atoms with van der Waals surface area (Å²) in [5.41, 5.74) is 1.35. The van der Waals surface area contributed by atoms with E-state index in [0.29, 0.717) is 5.56 Å². The number of hydrogen-bond acceptors (Lipinski definition) is 2. The minimum atomic E-state index is -1.34. The molecule has 0 aliphatic heterocycles. The van der Waals surface area contributed by atoms with Crippen LogP contribution in [0.5, 0.6) is 0 Å². The maximum absolute atomic E-state index is 10.9. The van der Waals surface area contributed by atoms with Crippen molar-refractivity contribution in [3.05, 3.63) is 34.9 Å². The smallest absolute Gasteiger partial charge is 0.309 e. The minimum Gasteiger partial charge on any atom is -0.481 e. The van der Waals surface area contributed by atoms with E-state index in [1.54, 1.807) is 6.92 Å². The topological polar surface area (TPSA) is 57.5 Å². The van der Waals surface area contributed by atoms with Gasteiger partial charge in [-0.15, -0.1) is 0 Å². The van der Waals surface area contributed by atoms with Crippen LogP contribution in [0, 0.1) is 19.8 Å². The third-order valence-corrected chi connectivity index (χ3v) is 3.02. The first-order chi connectivity index (χ1) is 7.25. The van der Waals surface area contributed by atoms with Crippen molar-refractivity contribution in [1.82, 2.24) is 0 Å². The van der Waals surface area contributed by atoms with Crippen LogP contribution >= 0.6 is 0 Å². The van der Waals surface area contributed by atoms with Crippen molar-refractivity contribution in [1.29, 1.82) is 0 Å². The van der Waals surface area contributed by atoms with Crippen molar-refractivity contribution in [3.8, 4) is 0 Å². The van der Waals surface area contributed by atoms with Crippen molar-refractivity contribution in [2.75, 3.05) is 0 Å². The zero-order valence-electron chi connectivity index (χ0n) is 10.1. The Balaban J connectivity index is 3.20. The summed E-state index contributed by atoms with van der Waals surface area (Å²) in [6.45, 7) is 6.91. The molecule has 88 valence electrons. The second kappa shape index (κ2) is 4.26. The molecule has 16 heavy (non-hydrogen) atoms. The van der Waals surface area contributed by atoms with Crippen LogP contribution in [0.3, 0.4) is 0 Å². The molecule has 0 aliphatic carbocycles. The molecule has 3 nitrogen and oxygen atoms in total. The summed E-state index contributed by atoms with van der Waals surface area (Å²) in [5, 5.41) is 19.3. The summed E-state index contributed by atoms with van der Waals surface area (Å²) in [6, 6.07) is 5.64. The first-order valence-corrected chi connectivity index (χ1v) is 5.29. The maximum Gasteiger partial charge on any atom is 0.309 e. The maximum atomic E-state index is 10.9. The van der Waals surface area contributed by atoms with E-state index in [4.69, 9.17) is 5.11 Å². The SMILES string of the molecule is Cc1cc(C)cc(C(C)(O)C(C)C(=O)O)c1. The lowest BCUT2D eigenvalue weighted by Crippen LogP contribution is -2.35. The molecule has 0 heterocycles. The normalized spacial score (nSPS) is 16.6. The van der Waals surface area contributed by atoms with Crippen LogP contribution in [0.1, 0.15) is 30.5 Å². The second-order valence-electron chi connectivity index (χ2n) is 4.58. The van der Waals surface area contributed by atoms with Gasteiger partial charge < -0.3 is 10.2 Å². The van der Waals surface area contributed by atoms with Gasteiger partial charge in [0.2, 0.25) is 0 Å². The molecule has 0 saturated heterocycles. The fourth-order valence-corrected chi connectivity index (χ4v) is 1.76. The Hall–Kier alpha value is -1.35. The molecule has 0 aliphatic rings. The largest absolute Gasteiger partial charge is 0.481 e. The average Bonchev–Trinajstić information content (AvgIpc) is 2.14. The number of carboxylic acid groups (broad SMARTS) is 1. The van der Waals surface area contributed by atoms with Crippen LogP contribution in [0.25, 0.3) is 0 Å². The summed E-state index contributed by atoms with van der Waals surface area (Å²) >= 11 is 0. The van der Waals surface area contributed by atoms with Gasteiger partial charge >= 0.3 is 5.97 Å². The summed E-state index contributed by atoms with van der Waals surface area (Å²) in [7, 11) is 0. The monoisotopic (exact) mass is 222 g/mol. The molecule has 2 unspecified atom stereocenters. The number of aliphatic hydroxyl groups is 1. The molecule has 1 aromatic rings. The van der Waals surface area contributed by atoms with Gasteiger partial charge in [0.05, 0.1) is 11.5 Å². The molecule has 1 rings (SSSR count). The van der Waals surface area contributed by atoms with Gasteiger partial charge in [0.15, 0.2) is 0 Å². The molecule has 0 fully saturated rings. The van der Waals surface area contributed by atoms with Gasteiger partial charge in [-0.2, -0.15) is 0 Å². The third kappa shape index (κ3) is 2.42. The molecule has 0 bridgehead atoms. The summed E-state index contributed by atoms with van der Waals surface area (Å²) in [5.74, 6) is -1.84. The van der Waals surface area contributed by atoms with Gasteiger partial charge in [-0.25, -0.2) is 0 Å². The van der Waals surface area contributed by atoms with Crippen LogP contribution in [0.4, 0.5) is 0 Å². The quantitative estimate of drug-likeness (QED) is 0.824. The first kappa shape index (κ1) is 12.7. The molecule has 0 aromatic heterocycles. The van der Waals surface area contributed by atoms with Gasteiger partial charge in [-0.05, 0) is 33.3 Å². The fourth-order valence-electron chi connectivity index (χ4n) is 1.76. The number of aryl methyl sites for hydroxylation is 2. The lowest BCUT2D eigenvalue weighted by Gasteiger charge is -2.28. The van der Waals surface area contributed by atoms with Crippen molar-refractivity contribution >= 4 is 5.97 Å². The zero-order chi connectivity index (χ0) is 12.5. The molecule has 2 atom stereocenters. The number of hydrogen-bond donors (Lipinski definition) is 2. The van der Waals surface area contributed by atoms with Gasteiger partial charge in [0.25, 0.3) is 0 Å². The van der Waals surface area contributed by atoms with E-state index < -0.39 is 17.5 Å². The van der Waals surface area contributed by atoms with Crippen LogP contribution in [0.2, 0.25) is 0 Å². The highest BCUT2D eigenvalue weighted by atomic mass is 16.4. The molecular weight excluding hydrogens is 204 g/mol.